The second-order valence-electron chi connectivity index (χ2n) is 3.64. The molecule has 1 aliphatic heterocycles. The second kappa shape index (κ2) is 2.73. The Hall–Kier alpha value is -1.03. The molecule has 4 nitrogen and oxygen atoms in total. The predicted octanol–water partition coefficient (Wildman–Crippen LogP) is 0.996. The molecule has 0 radical (unpaired) electrons. The van der Waals surface area contributed by atoms with Gasteiger partial charge in [0.2, 0.25) is 5.88 Å². The fourth-order valence-corrected chi connectivity index (χ4v) is 1.32. The molecule has 70 valence electrons. The maximum atomic E-state index is 5.55. The zero-order valence-corrected chi connectivity index (χ0v) is 7.35. The summed E-state index contributed by atoms with van der Waals surface area (Å²) in [6.07, 6.45) is 4.75. The molecule has 2 fully saturated rings. The number of rotatable bonds is 3. The first kappa shape index (κ1) is 7.38. The zero-order valence-electron chi connectivity index (χ0n) is 7.35. The monoisotopic (exact) mass is 180 g/mol. The Morgan fingerprint density at radius 2 is 2.31 bits per heavy atom. The molecule has 0 N–H and O–H groups in total. The van der Waals surface area contributed by atoms with Gasteiger partial charge in [-0.1, -0.05) is 0 Å². The third kappa shape index (κ3) is 1.42. The molecular formula is C9H12N2O2. The van der Waals surface area contributed by atoms with E-state index in [0.29, 0.717) is 12.1 Å². The Balaban J connectivity index is 1.69. The van der Waals surface area contributed by atoms with E-state index in [1.54, 1.807) is 0 Å². The quantitative estimate of drug-likeness (QED) is 0.696. The summed E-state index contributed by atoms with van der Waals surface area (Å²) in [5.41, 5.74) is 0. The van der Waals surface area contributed by atoms with Crippen molar-refractivity contribution in [1.29, 1.82) is 0 Å². The van der Waals surface area contributed by atoms with Crippen LogP contribution >= 0.6 is 0 Å². The predicted molar refractivity (Wildman–Crippen MR) is 45.7 cm³/mol. The lowest BCUT2D eigenvalue weighted by molar-refractivity contribution is -0.0290. The van der Waals surface area contributed by atoms with E-state index in [0.717, 1.165) is 19.1 Å². The molecule has 1 aromatic rings. The molecule has 1 saturated carbocycles. The molecule has 2 heterocycles. The first-order chi connectivity index (χ1) is 6.42. The molecule has 1 aromatic heterocycles. The first-order valence-electron chi connectivity index (χ1n) is 4.71. The van der Waals surface area contributed by atoms with Crippen LogP contribution < -0.4 is 4.74 Å². The van der Waals surface area contributed by atoms with Crippen LogP contribution in [0.5, 0.6) is 5.88 Å². The minimum atomic E-state index is 0.427. The lowest BCUT2D eigenvalue weighted by Gasteiger charge is -2.25. The number of ether oxygens (including phenoxy) is 2. The SMILES string of the molecule is c1cn(C2COC2)nc1OC1CC1. The summed E-state index contributed by atoms with van der Waals surface area (Å²) in [7, 11) is 0. The van der Waals surface area contributed by atoms with Gasteiger partial charge in [0.25, 0.3) is 0 Å². The second-order valence-corrected chi connectivity index (χ2v) is 3.64. The van der Waals surface area contributed by atoms with Gasteiger partial charge < -0.3 is 9.47 Å². The van der Waals surface area contributed by atoms with E-state index >= 15 is 0 Å². The summed E-state index contributed by atoms with van der Waals surface area (Å²) in [6.45, 7) is 1.56. The van der Waals surface area contributed by atoms with E-state index in [2.05, 4.69) is 5.10 Å². The molecule has 1 saturated heterocycles. The van der Waals surface area contributed by atoms with Crippen molar-refractivity contribution in [2.24, 2.45) is 0 Å². The Kier molecular flexibility index (Phi) is 1.55. The van der Waals surface area contributed by atoms with Gasteiger partial charge in [0, 0.05) is 12.3 Å². The van der Waals surface area contributed by atoms with Crippen molar-refractivity contribution in [3.63, 3.8) is 0 Å². The van der Waals surface area contributed by atoms with E-state index < -0.39 is 0 Å². The van der Waals surface area contributed by atoms with Crippen LogP contribution in [-0.4, -0.2) is 29.1 Å². The van der Waals surface area contributed by atoms with E-state index in [-0.39, 0.29) is 0 Å². The summed E-state index contributed by atoms with van der Waals surface area (Å²) < 4.78 is 12.6. The number of hydrogen-bond acceptors (Lipinski definition) is 3. The van der Waals surface area contributed by atoms with Crippen LogP contribution in [0.2, 0.25) is 0 Å². The van der Waals surface area contributed by atoms with Crippen LogP contribution in [0.15, 0.2) is 12.3 Å². The summed E-state index contributed by atoms with van der Waals surface area (Å²) >= 11 is 0. The van der Waals surface area contributed by atoms with E-state index in [4.69, 9.17) is 9.47 Å². The molecule has 1 aliphatic carbocycles. The van der Waals surface area contributed by atoms with Crippen molar-refractivity contribution in [2.75, 3.05) is 13.2 Å². The molecule has 0 bridgehead atoms. The largest absolute Gasteiger partial charge is 0.473 e. The van der Waals surface area contributed by atoms with Crippen molar-refractivity contribution in [2.45, 2.75) is 25.0 Å². The smallest absolute Gasteiger partial charge is 0.232 e. The van der Waals surface area contributed by atoms with Gasteiger partial charge in [-0.2, -0.15) is 0 Å². The molecule has 13 heavy (non-hydrogen) atoms. The van der Waals surface area contributed by atoms with Crippen molar-refractivity contribution in [1.82, 2.24) is 9.78 Å². The standard InChI is InChI=1S/C9H12N2O2/c1-2-8(1)13-9-3-4-11(10-9)7-5-12-6-7/h3-4,7-8H,1-2,5-6H2. The van der Waals surface area contributed by atoms with Gasteiger partial charge in [0.05, 0.1) is 19.3 Å². The van der Waals surface area contributed by atoms with Gasteiger partial charge in [0.15, 0.2) is 0 Å². The van der Waals surface area contributed by atoms with Gasteiger partial charge >= 0.3 is 0 Å². The fourth-order valence-electron chi connectivity index (χ4n) is 1.32. The molecule has 0 spiro atoms. The first-order valence-corrected chi connectivity index (χ1v) is 4.71. The highest BCUT2D eigenvalue weighted by Gasteiger charge is 2.26. The molecule has 0 amide bonds. The van der Waals surface area contributed by atoms with Crippen molar-refractivity contribution < 1.29 is 9.47 Å². The molecule has 2 aliphatic rings. The Morgan fingerprint density at radius 1 is 1.46 bits per heavy atom. The van der Waals surface area contributed by atoms with Gasteiger partial charge in [-0.15, -0.1) is 5.10 Å². The maximum absolute atomic E-state index is 5.55. The number of nitrogens with zero attached hydrogens (tertiary/aromatic N) is 2. The fraction of sp³-hybridized carbons (Fsp3) is 0.667. The van der Waals surface area contributed by atoms with E-state index in [9.17, 15) is 0 Å². The lowest BCUT2D eigenvalue weighted by atomic mass is 10.3. The molecule has 0 aromatic carbocycles. The number of aromatic nitrogens is 2. The number of hydrogen-bond donors (Lipinski definition) is 0. The van der Waals surface area contributed by atoms with Crippen LogP contribution in [0.25, 0.3) is 0 Å². The molecular weight excluding hydrogens is 168 g/mol. The molecule has 4 heteroatoms. The zero-order chi connectivity index (χ0) is 8.67. The summed E-state index contributed by atoms with van der Waals surface area (Å²) in [5, 5.41) is 4.33. The van der Waals surface area contributed by atoms with Gasteiger partial charge in [-0.05, 0) is 12.8 Å². The Labute approximate surface area is 76.4 Å². The summed E-state index contributed by atoms with van der Waals surface area (Å²) in [4.78, 5) is 0. The van der Waals surface area contributed by atoms with Crippen LogP contribution in [0.3, 0.4) is 0 Å². The lowest BCUT2D eigenvalue weighted by Crippen LogP contribution is -2.30. The minimum absolute atomic E-state index is 0.427. The Morgan fingerprint density at radius 3 is 2.92 bits per heavy atom. The molecule has 0 unspecified atom stereocenters. The van der Waals surface area contributed by atoms with E-state index in [1.165, 1.54) is 12.8 Å². The minimum Gasteiger partial charge on any atom is -0.473 e. The highest BCUT2D eigenvalue weighted by molar-refractivity contribution is 5.08. The molecule has 0 atom stereocenters. The van der Waals surface area contributed by atoms with Crippen molar-refractivity contribution >= 4 is 0 Å². The van der Waals surface area contributed by atoms with Crippen molar-refractivity contribution in [3.8, 4) is 5.88 Å². The normalized spacial score (nSPS) is 22.8. The van der Waals surface area contributed by atoms with Crippen LogP contribution in [-0.2, 0) is 4.74 Å². The van der Waals surface area contributed by atoms with Crippen LogP contribution in [0.4, 0.5) is 0 Å². The molecule has 3 rings (SSSR count). The average Bonchev–Trinajstić information content (AvgIpc) is 2.69. The van der Waals surface area contributed by atoms with Gasteiger partial charge in [-0.25, -0.2) is 0 Å². The van der Waals surface area contributed by atoms with Crippen LogP contribution in [0, 0.1) is 0 Å². The Bertz CT molecular complexity index is 302. The summed E-state index contributed by atoms with van der Waals surface area (Å²) in [5.74, 6) is 0.759. The maximum Gasteiger partial charge on any atom is 0.232 e. The van der Waals surface area contributed by atoms with Crippen LogP contribution in [0.1, 0.15) is 18.9 Å². The van der Waals surface area contributed by atoms with E-state index in [1.807, 2.05) is 16.9 Å². The third-order valence-corrected chi connectivity index (χ3v) is 2.39. The highest BCUT2D eigenvalue weighted by Crippen LogP contribution is 2.26. The average molecular weight is 180 g/mol. The summed E-state index contributed by atoms with van der Waals surface area (Å²) in [6, 6.07) is 2.35. The third-order valence-electron chi connectivity index (χ3n) is 2.39. The topological polar surface area (TPSA) is 36.3 Å². The van der Waals surface area contributed by atoms with Gasteiger partial charge in [0.1, 0.15) is 6.10 Å². The highest BCUT2D eigenvalue weighted by atomic mass is 16.5. The van der Waals surface area contributed by atoms with Gasteiger partial charge in [-0.3, -0.25) is 4.68 Å². The van der Waals surface area contributed by atoms with Crippen molar-refractivity contribution in [3.05, 3.63) is 12.3 Å².